The van der Waals surface area contributed by atoms with E-state index in [1.54, 1.807) is 0 Å². The molecule has 0 heterocycles. The number of carbonyl (C=O) groups is 3. The molecule has 0 rings (SSSR count). The summed E-state index contributed by atoms with van der Waals surface area (Å²) in [4.78, 5) is 35.0. The summed E-state index contributed by atoms with van der Waals surface area (Å²) < 4.78 is 6.02. The average Bonchev–Trinajstić information content (AvgIpc) is 3.11. The number of allylic oxidation sites excluding steroid dienone is 8. The van der Waals surface area contributed by atoms with Crippen molar-refractivity contribution >= 4 is 17.8 Å². The van der Waals surface area contributed by atoms with Crippen LogP contribution in [0.5, 0.6) is 0 Å². The van der Waals surface area contributed by atoms with E-state index < -0.39 is 5.97 Å². The number of aliphatic carboxylic acids is 1. The summed E-state index contributed by atoms with van der Waals surface area (Å²) >= 11 is 0. The second-order valence-electron chi connectivity index (χ2n) is 14.2. The number of hydrogen-bond donors (Lipinski definition) is 2. The monoisotopic (exact) mass is 714 g/mol. The summed E-state index contributed by atoms with van der Waals surface area (Å²) in [5, 5.41) is 11.1. The second kappa shape index (κ2) is 40.1. The van der Waals surface area contributed by atoms with Crippen molar-refractivity contribution in [3.05, 3.63) is 48.6 Å². The number of unbranched alkanes of at least 4 members (excludes halogenated alkanes) is 19. The maximum Gasteiger partial charge on any atom is 0.322 e. The molecule has 0 aliphatic rings. The molecule has 1 unspecified atom stereocenters. The number of ether oxygens (including phenoxy) is 1. The van der Waals surface area contributed by atoms with Crippen LogP contribution >= 0.6 is 0 Å². The highest BCUT2D eigenvalue weighted by atomic mass is 16.5. The van der Waals surface area contributed by atoms with Gasteiger partial charge in [0.25, 0.3) is 0 Å². The molecule has 0 saturated carbocycles. The molecule has 0 radical (unpaired) electrons. The number of esters is 1. The van der Waals surface area contributed by atoms with Gasteiger partial charge in [-0.25, -0.2) is 0 Å². The van der Waals surface area contributed by atoms with E-state index >= 15 is 0 Å². The Morgan fingerprint density at radius 1 is 0.529 bits per heavy atom. The van der Waals surface area contributed by atoms with Gasteiger partial charge in [-0.15, -0.1) is 0 Å². The van der Waals surface area contributed by atoms with Crippen LogP contribution in [0.4, 0.5) is 0 Å². The van der Waals surface area contributed by atoms with E-state index in [-0.39, 0.29) is 24.5 Å². The third-order valence-electron chi connectivity index (χ3n) is 9.27. The molecule has 0 aromatic rings. The summed E-state index contributed by atoms with van der Waals surface area (Å²) in [6, 6.07) is 0. The zero-order valence-corrected chi connectivity index (χ0v) is 33.2. The van der Waals surface area contributed by atoms with Gasteiger partial charge in [-0.05, 0) is 77.0 Å². The number of carboxylic acids is 1. The maximum atomic E-state index is 12.7. The van der Waals surface area contributed by atoms with Crippen LogP contribution in [0.2, 0.25) is 0 Å². The van der Waals surface area contributed by atoms with Crippen LogP contribution in [0.1, 0.15) is 206 Å². The van der Waals surface area contributed by atoms with Gasteiger partial charge in [-0.3, -0.25) is 14.4 Å². The van der Waals surface area contributed by atoms with Crippen LogP contribution in [0.3, 0.4) is 0 Å². The molecule has 6 nitrogen and oxygen atoms in total. The van der Waals surface area contributed by atoms with Gasteiger partial charge >= 0.3 is 11.9 Å². The molecule has 2 N–H and O–H groups in total. The Morgan fingerprint density at radius 2 is 0.961 bits per heavy atom. The van der Waals surface area contributed by atoms with Gasteiger partial charge in [0.2, 0.25) is 5.91 Å². The highest BCUT2D eigenvalue weighted by molar-refractivity contribution is 5.80. The number of carboxylic acid groups (broad SMARTS) is 1. The van der Waals surface area contributed by atoms with E-state index in [1.807, 2.05) is 0 Å². The summed E-state index contributed by atoms with van der Waals surface area (Å²) in [6.07, 6.45) is 50.9. The zero-order chi connectivity index (χ0) is 37.3. The van der Waals surface area contributed by atoms with Gasteiger partial charge < -0.3 is 15.2 Å². The minimum atomic E-state index is -1.02. The molecule has 51 heavy (non-hydrogen) atoms. The van der Waals surface area contributed by atoms with E-state index in [2.05, 4.69) is 67.8 Å². The van der Waals surface area contributed by atoms with Crippen molar-refractivity contribution in [2.24, 2.45) is 0 Å². The fourth-order valence-electron chi connectivity index (χ4n) is 6.15. The van der Waals surface area contributed by atoms with Gasteiger partial charge in [0.15, 0.2) is 0 Å². The number of hydrogen-bond acceptors (Lipinski definition) is 4. The summed E-state index contributed by atoms with van der Waals surface area (Å²) in [5.41, 5.74) is 0. The number of carbonyl (C=O) groups excluding carboxylic acids is 2. The fourth-order valence-corrected chi connectivity index (χ4v) is 6.15. The molecule has 294 valence electrons. The van der Waals surface area contributed by atoms with Crippen molar-refractivity contribution in [1.29, 1.82) is 0 Å². The minimum Gasteiger partial charge on any atom is -0.480 e. The highest BCUT2D eigenvalue weighted by Crippen LogP contribution is 2.19. The Morgan fingerprint density at radius 3 is 1.47 bits per heavy atom. The largest absolute Gasteiger partial charge is 0.480 e. The summed E-state index contributed by atoms with van der Waals surface area (Å²) in [7, 11) is 0. The van der Waals surface area contributed by atoms with Crippen molar-refractivity contribution < 1.29 is 24.2 Å². The third kappa shape index (κ3) is 40.0. The van der Waals surface area contributed by atoms with Crippen LogP contribution < -0.4 is 5.32 Å². The molecule has 0 spiro atoms. The van der Waals surface area contributed by atoms with E-state index in [0.29, 0.717) is 12.8 Å². The van der Waals surface area contributed by atoms with Gasteiger partial charge in [0.1, 0.15) is 12.6 Å². The number of nitrogens with one attached hydrogen (secondary N) is 1. The molecular weight excluding hydrogens is 634 g/mol. The van der Waals surface area contributed by atoms with Gasteiger partial charge in [-0.2, -0.15) is 0 Å². The third-order valence-corrected chi connectivity index (χ3v) is 9.27. The number of amides is 1. The molecule has 0 aromatic carbocycles. The summed E-state index contributed by atoms with van der Waals surface area (Å²) in [5.74, 6) is -1.24. The minimum absolute atomic E-state index is 0.0201. The maximum absolute atomic E-state index is 12.7. The van der Waals surface area contributed by atoms with E-state index in [1.165, 1.54) is 83.5 Å². The van der Waals surface area contributed by atoms with E-state index in [0.717, 1.165) is 96.3 Å². The van der Waals surface area contributed by atoms with Gasteiger partial charge in [0.05, 0.1) is 0 Å². The normalized spacial score (nSPS) is 12.5. The molecule has 6 heteroatoms. The van der Waals surface area contributed by atoms with Crippen LogP contribution in [0.25, 0.3) is 0 Å². The average molecular weight is 714 g/mol. The van der Waals surface area contributed by atoms with Crippen molar-refractivity contribution in [2.75, 3.05) is 6.54 Å². The van der Waals surface area contributed by atoms with Crippen LogP contribution in [-0.2, 0) is 19.1 Å². The topological polar surface area (TPSA) is 92.7 Å². The number of rotatable bonds is 38. The van der Waals surface area contributed by atoms with Crippen LogP contribution in [-0.4, -0.2) is 35.6 Å². The van der Waals surface area contributed by atoms with E-state index in [4.69, 9.17) is 9.84 Å². The standard InChI is InChI=1S/C45H79NO5/c1-3-5-7-9-11-13-15-16-17-18-19-20-21-22-23-25-27-32-36-40-45(50)51-42(37-33-29-26-24-14-12-10-8-6-4-2)38-34-30-28-31-35-39-43(47)46-41-44(48)49/h5,7,11,13,16-17,19-20,42H,3-4,6,8-10,12,14-15,18,21-41H2,1-2H3,(H,46,47)(H,48,49)/b7-5-,13-11-,17-16-,20-19-. The lowest BCUT2D eigenvalue weighted by Gasteiger charge is -2.18. The molecule has 0 aromatic heterocycles. The molecular formula is C45H79NO5. The molecule has 0 aliphatic carbocycles. The van der Waals surface area contributed by atoms with Crippen LogP contribution in [0, 0.1) is 0 Å². The predicted molar refractivity (Wildman–Crippen MR) is 217 cm³/mol. The Balaban J connectivity index is 4.13. The van der Waals surface area contributed by atoms with Gasteiger partial charge in [-0.1, -0.05) is 165 Å². The molecule has 0 bridgehead atoms. The van der Waals surface area contributed by atoms with Crippen molar-refractivity contribution in [1.82, 2.24) is 5.32 Å². The second-order valence-corrected chi connectivity index (χ2v) is 14.2. The van der Waals surface area contributed by atoms with Crippen LogP contribution in [0.15, 0.2) is 48.6 Å². The Bertz CT molecular complexity index is 922. The highest BCUT2D eigenvalue weighted by Gasteiger charge is 2.14. The summed E-state index contributed by atoms with van der Waals surface area (Å²) in [6.45, 7) is 4.11. The lowest BCUT2D eigenvalue weighted by atomic mass is 10.0. The van der Waals surface area contributed by atoms with Crippen molar-refractivity contribution in [3.8, 4) is 0 Å². The van der Waals surface area contributed by atoms with Crippen molar-refractivity contribution in [3.63, 3.8) is 0 Å². The Hall–Kier alpha value is -2.63. The first kappa shape index (κ1) is 48.4. The lowest BCUT2D eigenvalue weighted by molar-refractivity contribution is -0.150. The molecule has 1 atom stereocenters. The molecule has 0 aliphatic heterocycles. The molecule has 0 saturated heterocycles. The first-order valence-corrected chi connectivity index (χ1v) is 21.3. The smallest absolute Gasteiger partial charge is 0.322 e. The first-order valence-electron chi connectivity index (χ1n) is 21.3. The molecule has 1 amide bonds. The predicted octanol–water partition coefficient (Wildman–Crippen LogP) is 13.1. The SMILES string of the molecule is CC/C=C\C/C=C\C/C=C\C/C=C\CCCCCCCCC(=O)OC(CCCCCCCCCCCC)CCCCCCCC(=O)NCC(=O)O. The van der Waals surface area contributed by atoms with Crippen molar-refractivity contribution in [2.45, 2.75) is 213 Å². The van der Waals surface area contributed by atoms with Gasteiger partial charge in [0, 0.05) is 12.8 Å². The Labute approximate surface area is 314 Å². The van der Waals surface area contributed by atoms with E-state index in [9.17, 15) is 14.4 Å². The fraction of sp³-hybridized carbons (Fsp3) is 0.756. The molecule has 0 fully saturated rings. The first-order chi connectivity index (χ1) is 25.0. The lowest BCUT2D eigenvalue weighted by Crippen LogP contribution is -2.28. The quantitative estimate of drug-likeness (QED) is 0.0377. The Kier molecular flexibility index (Phi) is 38.1. The zero-order valence-electron chi connectivity index (χ0n) is 33.2.